The zero-order valence-corrected chi connectivity index (χ0v) is 12.7. The van der Waals surface area contributed by atoms with E-state index in [1.165, 1.54) is 22.1 Å². The second-order valence-electron chi connectivity index (χ2n) is 4.62. The zero-order valence-electron chi connectivity index (χ0n) is 11.9. The summed E-state index contributed by atoms with van der Waals surface area (Å²) < 4.78 is 1.61. The van der Waals surface area contributed by atoms with E-state index >= 15 is 0 Å². The molecule has 0 unspecified atom stereocenters. The third-order valence-corrected chi connectivity index (χ3v) is 3.73. The monoisotopic (exact) mass is 290 g/mol. The average molecular weight is 290 g/mol. The first-order valence-corrected chi connectivity index (χ1v) is 7.07. The lowest BCUT2D eigenvalue weighted by atomic mass is 10.2. The summed E-state index contributed by atoms with van der Waals surface area (Å²) in [7, 11) is 3.57. The van der Waals surface area contributed by atoms with E-state index in [0.717, 1.165) is 4.90 Å². The van der Waals surface area contributed by atoms with E-state index in [4.69, 9.17) is 0 Å². The maximum Gasteiger partial charge on any atom is 0.366 e. The van der Waals surface area contributed by atoms with Gasteiger partial charge in [-0.15, -0.1) is 16.5 Å². The van der Waals surface area contributed by atoms with Crippen molar-refractivity contribution < 1.29 is 0 Å². The maximum atomic E-state index is 12.2. The quantitative estimate of drug-likeness (QED) is 0.789. The van der Waals surface area contributed by atoms with Crippen LogP contribution < -0.4 is 10.7 Å². The van der Waals surface area contributed by atoms with Crippen LogP contribution in [0.3, 0.4) is 0 Å². The molecule has 0 fully saturated rings. The van der Waals surface area contributed by atoms with Gasteiger partial charge in [-0.25, -0.2) is 4.79 Å². The Balaban J connectivity index is 2.39. The molecule has 20 heavy (non-hydrogen) atoms. The van der Waals surface area contributed by atoms with Gasteiger partial charge in [0.1, 0.15) is 0 Å². The van der Waals surface area contributed by atoms with Crippen LogP contribution in [0.2, 0.25) is 0 Å². The lowest BCUT2D eigenvalue weighted by molar-refractivity contribution is 0.599. The number of rotatable bonds is 5. The highest BCUT2D eigenvalue weighted by molar-refractivity contribution is 7.99. The van der Waals surface area contributed by atoms with Crippen LogP contribution in [0, 0.1) is 6.92 Å². The van der Waals surface area contributed by atoms with E-state index in [2.05, 4.69) is 11.7 Å². The van der Waals surface area contributed by atoms with Crippen molar-refractivity contribution in [3.63, 3.8) is 0 Å². The van der Waals surface area contributed by atoms with Gasteiger partial charge in [-0.2, -0.15) is 0 Å². The Morgan fingerprint density at radius 1 is 1.35 bits per heavy atom. The fourth-order valence-electron chi connectivity index (χ4n) is 1.70. The summed E-state index contributed by atoms with van der Waals surface area (Å²) in [5.74, 6) is 0. The van der Waals surface area contributed by atoms with Gasteiger partial charge in [-0.05, 0) is 30.8 Å². The van der Waals surface area contributed by atoms with Crippen molar-refractivity contribution in [3.05, 3.63) is 53.0 Å². The van der Waals surface area contributed by atoms with Crippen LogP contribution in [-0.2, 0) is 6.54 Å². The Bertz CT molecular complexity index is 655. The molecule has 106 valence electrons. The number of aryl methyl sites for hydroxylation is 1. The zero-order chi connectivity index (χ0) is 14.7. The lowest BCUT2D eigenvalue weighted by Crippen LogP contribution is -2.37. The van der Waals surface area contributed by atoms with Gasteiger partial charge in [0.15, 0.2) is 5.16 Å². The van der Waals surface area contributed by atoms with E-state index in [9.17, 15) is 4.79 Å². The standard InChI is InChI=1S/C14H18N4OS/c1-5-10-17-13(15-18(14(17)19)16(3)4)20-12-8-6-11(2)7-9-12/h5-9H,1,10H2,2-4H3. The van der Waals surface area contributed by atoms with E-state index in [0.29, 0.717) is 11.7 Å². The van der Waals surface area contributed by atoms with Crippen molar-refractivity contribution in [2.75, 3.05) is 19.1 Å². The molecule has 1 aromatic carbocycles. The summed E-state index contributed by atoms with van der Waals surface area (Å²) in [6, 6.07) is 8.14. The molecule has 0 saturated carbocycles. The van der Waals surface area contributed by atoms with Crippen molar-refractivity contribution in [2.24, 2.45) is 0 Å². The number of hydrogen-bond acceptors (Lipinski definition) is 4. The van der Waals surface area contributed by atoms with Crippen molar-refractivity contribution in [2.45, 2.75) is 23.5 Å². The summed E-state index contributed by atoms with van der Waals surface area (Å²) in [5.41, 5.74) is 1.04. The third kappa shape index (κ3) is 2.96. The maximum absolute atomic E-state index is 12.2. The van der Waals surface area contributed by atoms with Crippen LogP contribution in [0.25, 0.3) is 0 Å². The number of hydrogen-bond donors (Lipinski definition) is 0. The molecule has 0 aliphatic heterocycles. The molecule has 0 spiro atoms. The molecule has 2 rings (SSSR count). The Morgan fingerprint density at radius 3 is 2.55 bits per heavy atom. The first kappa shape index (κ1) is 14.5. The van der Waals surface area contributed by atoms with E-state index < -0.39 is 0 Å². The molecule has 0 amide bonds. The van der Waals surface area contributed by atoms with Gasteiger partial charge in [-0.3, -0.25) is 9.58 Å². The highest BCUT2D eigenvalue weighted by atomic mass is 32.2. The first-order valence-electron chi connectivity index (χ1n) is 6.26. The second kappa shape index (κ2) is 6.00. The Labute approximate surface area is 122 Å². The first-order chi connectivity index (χ1) is 9.52. The van der Waals surface area contributed by atoms with Crippen molar-refractivity contribution >= 4 is 11.8 Å². The summed E-state index contributed by atoms with van der Waals surface area (Å²) in [6.07, 6.45) is 1.70. The summed E-state index contributed by atoms with van der Waals surface area (Å²) >= 11 is 1.47. The summed E-state index contributed by atoms with van der Waals surface area (Å²) in [4.78, 5) is 14.6. The van der Waals surface area contributed by atoms with Crippen LogP contribution in [0.4, 0.5) is 0 Å². The minimum Gasteiger partial charge on any atom is -0.298 e. The Hall–Kier alpha value is -1.95. The van der Waals surface area contributed by atoms with Crippen molar-refractivity contribution in [1.29, 1.82) is 0 Å². The average Bonchev–Trinajstić information content (AvgIpc) is 2.71. The molecular formula is C14H18N4OS. The molecule has 5 nitrogen and oxygen atoms in total. The van der Waals surface area contributed by atoms with Gasteiger partial charge in [0.25, 0.3) is 0 Å². The molecule has 0 radical (unpaired) electrons. The predicted octanol–water partition coefficient (Wildman–Crippen LogP) is 1.89. The summed E-state index contributed by atoms with van der Waals surface area (Å²) in [6.45, 7) is 6.18. The number of allylic oxidation sites excluding steroid dienone is 1. The topological polar surface area (TPSA) is 43.1 Å². The molecule has 0 aliphatic carbocycles. The van der Waals surface area contributed by atoms with Crippen LogP contribution in [0.15, 0.2) is 51.8 Å². The Kier molecular flexibility index (Phi) is 4.34. The van der Waals surface area contributed by atoms with Crippen LogP contribution in [-0.4, -0.2) is 28.6 Å². The normalized spacial score (nSPS) is 10.6. The summed E-state index contributed by atoms with van der Waals surface area (Å²) in [5, 5.41) is 6.67. The van der Waals surface area contributed by atoms with Gasteiger partial charge in [0.2, 0.25) is 0 Å². The van der Waals surface area contributed by atoms with Crippen molar-refractivity contribution in [3.8, 4) is 0 Å². The highest BCUT2D eigenvalue weighted by Gasteiger charge is 2.14. The van der Waals surface area contributed by atoms with E-state index in [1.807, 2.05) is 31.2 Å². The SMILES string of the molecule is C=CCn1c(Sc2ccc(C)cc2)nn(N(C)C)c1=O. The number of aromatic nitrogens is 3. The molecule has 1 heterocycles. The van der Waals surface area contributed by atoms with Crippen LogP contribution in [0.5, 0.6) is 0 Å². The molecule has 6 heteroatoms. The smallest absolute Gasteiger partial charge is 0.298 e. The minimum absolute atomic E-state index is 0.162. The van der Waals surface area contributed by atoms with Crippen molar-refractivity contribution in [1.82, 2.24) is 14.5 Å². The molecule has 0 N–H and O–H groups in total. The van der Waals surface area contributed by atoms with E-state index in [-0.39, 0.29) is 5.69 Å². The molecule has 0 saturated heterocycles. The highest BCUT2D eigenvalue weighted by Crippen LogP contribution is 2.25. The molecule has 0 aliphatic rings. The molecule has 0 bridgehead atoms. The minimum atomic E-state index is -0.162. The van der Waals surface area contributed by atoms with Crippen LogP contribution in [0.1, 0.15) is 5.56 Å². The lowest BCUT2D eigenvalue weighted by Gasteiger charge is -2.08. The third-order valence-electron chi connectivity index (χ3n) is 2.73. The van der Waals surface area contributed by atoms with E-state index in [1.54, 1.807) is 29.7 Å². The van der Waals surface area contributed by atoms with Gasteiger partial charge >= 0.3 is 5.69 Å². The molecule has 0 atom stereocenters. The fraction of sp³-hybridized carbons (Fsp3) is 0.286. The fourth-order valence-corrected chi connectivity index (χ4v) is 2.56. The largest absolute Gasteiger partial charge is 0.366 e. The predicted molar refractivity (Wildman–Crippen MR) is 82.1 cm³/mol. The van der Waals surface area contributed by atoms with Gasteiger partial charge in [0.05, 0.1) is 0 Å². The molecular weight excluding hydrogens is 272 g/mol. The molecule has 2 aromatic rings. The number of nitrogens with zero attached hydrogens (tertiary/aromatic N) is 4. The number of benzene rings is 1. The molecule has 1 aromatic heterocycles. The Morgan fingerprint density at radius 2 is 2.00 bits per heavy atom. The van der Waals surface area contributed by atoms with Gasteiger partial charge < -0.3 is 0 Å². The van der Waals surface area contributed by atoms with Gasteiger partial charge in [0, 0.05) is 25.5 Å². The second-order valence-corrected chi connectivity index (χ2v) is 5.66. The van der Waals surface area contributed by atoms with Gasteiger partial charge in [-0.1, -0.05) is 23.8 Å². The van der Waals surface area contributed by atoms with Crippen LogP contribution >= 0.6 is 11.8 Å².